The Morgan fingerprint density at radius 1 is 1.14 bits per heavy atom. The van der Waals surface area contributed by atoms with Gasteiger partial charge in [-0.3, -0.25) is 0 Å². The van der Waals surface area contributed by atoms with Gasteiger partial charge in [-0.2, -0.15) is 0 Å². The summed E-state index contributed by atoms with van der Waals surface area (Å²) in [6.07, 6.45) is 4.31. The van der Waals surface area contributed by atoms with Crippen molar-refractivity contribution in [2.24, 2.45) is 0 Å². The average molecular weight is 472 g/mol. The van der Waals surface area contributed by atoms with E-state index in [0.717, 1.165) is 31.4 Å². The Bertz CT molecular complexity index is 874. The first kappa shape index (κ1) is 22.1. The Balaban J connectivity index is 1.60. The molecule has 2 nitrogen and oxygen atoms in total. The van der Waals surface area contributed by atoms with Crippen molar-refractivity contribution in [3.63, 3.8) is 0 Å². The van der Waals surface area contributed by atoms with Gasteiger partial charge in [0.25, 0.3) is 0 Å². The van der Waals surface area contributed by atoms with E-state index >= 15 is 0 Å². The lowest BCUT2D eigenvalue weighted by atomic mass is 10.0. The van der Waals surface area contributed by atoms with Crippen molar-refractivity contribution in [3.05, 3.63) is 64.7 Å². The predicted molar refractivity (Wildman–Crippen MR) is 127 cm³/mol. The first-order valence-electron chi connectivity index (χ1n) is 10.4. The molecule has 29 heavy (non-hydrogen) atoms. The van der Waals surface area contributed by atoms with Gasteiger partial charge in [0.1, 0.15) is 13.8 Å². The van der Waals surface area contributed by atoms with Crippen LogP contribution >= 0.6 is 15.9 Å². The summed E-state index contributed by atoms with van der Waals surface area (Å²) in [5.74, 6) is 4.26. The molecule has 0 amide bonds. The average Bonchev–Trinajstić information content (AvgIpc) is 3.11. The highest BCUT2D eigenvalue weighted by Gasteiger charge is 2.24. The summed E-state index contributed by atoms with van der Waals surface area (Å²) in [4.78, 5) is 0.339. The molecule has 2 unspecified atom stereocenters. The molecule has 0 bridgehead atoms. The van der Waals surface area contributed by atoms with Gasteiger partial charge in [0, 0.05) is 11.2 Å². The third-order valence-electron chi connectivity index (χ3n) is 5.15. The minimum atomic E-state index is -1.27. The van der Waals surface area contributed by atoms with E-state index < -0.39 is 8.07 Å². The molecule has 0 radical (unpaired) electrons. The molecule has 0 aliphatic heterocycles. The van der Waals surface area contributed by atoms with Crippen LogP contribution in [0.2, 0.25) is 19.6 Å². The smallest absolute Gasteiger partial charge is 0.129 e. The summed E-state index contributed by atoms with van der Waals surface area (Å²) in [5, 5.41) is 0. The van der Waals surface area contributed by atoms with Crippen molar-refractivity contribution < 1.29 is 9.47 Å². The minimum absolute atomic E-state index is 0.179. The maximum atomic E-state index is 6.29. The summed E-state index contributed by atoms with van der Waals surface area (Å²) in [5.41, 5.74) is 8.74. The molecule has 0 fully saturated rings. The van der Waals surface area contributed by atoms with Gasteiger partial charge in [-0.15, -0.1) is 11.5 Å². The second kappa shape index (κ2) is 9.98. The zero-order valence-corrected chi connectivity index (χ0v) is 20.5. The maximum absolute atomic E-state index is 6.29. The van der Waals surface area contributed by atoms with Crippen molar-refractivity contribution in [3.8, 4) is 17.2 Å². The monoisotopic (exact) mass is 470 g/mol. The van der Waals surface area contributed by atoms with Crippen LogP contribution < -0.4 is 4.74 Å². The molecule has 154 valence electrons. The molecule has 2 aromatic carbocycles. The Labute approximate surface area is 185 Å². The van der Waals surface area contributed by atoms with Crippen LogP contribution in [0, 0.1) is 11.5 Å². The number of benzene rings is 2. The molecule has 0 aromatic heterocycles. The van der Waals surface area contributed by atoms with Gasteiger partial charge >= 0.3 is 0 Å². The second-order valence-corrected chi connectivity index (χ2v) is 14.6. The first-order valence-corrected chi connectivity index (χ1v) is 14.8. The summed E-state index contributed by atoms with van der Waals surface area (Å²) in [6, 6.07) is 15.0. The van der Waals surface area contributed by atoms with Crippen LogP contribution in [-0.2, 0) is 17.8 Å². The van der Waals surface area contributed by atoms with E-state index in [0.29, 0.717) is 11.4 Å². The van der Waals surface area contributed by atoms with Crippen molar-refractivity contribution in [2.75, 3.05) is 7.11 Å². The van der Waals surface area contributed by atoms with Crippen LogP contribution in [0.4, 0.5) is 0 Å². The van der Waals surface area contributed by atoms with Crippen molar-refractivity contribution in [1.82, 2.24) is 0 Å². The van der Waals surface area contributed by atoms with Crippen molar-refractivity contribution in [2.45, 2.75) is 62.9 Å². The zero-order valence-electron chi connectivity index (χ0n) is 17.9. The van der Waals surface area contributed by atoms with Crippen LogP contribution in [0.1, 0.15) is 52.4 Å². The molecule has 2 atom stereocenters. The second-order valence-electron chi connectivity index (χ2n) is 8.70. The number of aryl methyl sites for hydroxylation is 1. The van der Waals surface area contributed by atoms with Gasteiger partial charge in [-0.05, 0) is 53.6 Å². The Morgan fingerprint density at radius 2 is 1.90 bits per heavy atom. The number of alkyl halides is 1. The Kier molecular flexibility index (Phi) is 7.62. The van der Waals surface area contributed by atoms with E-state index in [4.69, 9.17) is 9.47 Å². The quantitative estimate of drug-likeness (QED) is 0.246. The van der Waals surface area contributed by atoms with E-state index in [2.05, 4.69) is 77.4 Å². The topological polar surface area (TPSA) is 18.5 Å². The number of methoxy groups -OCH3 is 1. The number of rotatable bonds is 7. The molecular formula is C25H31BrO2Si. The summed E-state index contributed by atoms with van der Waals surface area (Å²) < 4.78 is 11.5. The summed E-state index contributed by atoms with van der Waals surface area (Å²) >= 11 is 3.88. The lowest BCUT2D eigenvalue weighted by Gasteiger charge is -2.16. The Morgan fingerprint density at radius 3 is 2.59 bits per heavy atom. The lowest BCUT2D eigenvalue weighted by molar-refractivity contribution is 0.0410. The lowest BCUT2D eigenvalue weighted by Crippen LogP contribution is -2.16. The van der Waals surface area contributed by atoms with Crippen LogP contribution in [-0.4, -0.2) is 15.2 Å². The number of hydrogen-bond acceptors (Lipinski definition) is 2. The highest BCUT2D eigenvalue weighted by molar-refractivity contribution is 9.09. The van der Waals surface area contributed by atoms with Crippen LogP contribution in [0.3, 0.4) is 0 Å². The Hall–Kier alpha value is -1.54. The third kappa shape index (κ3) is 6.47. The molecule has 0 saturated heterocycles. The largest absolute Gasteiger partial charge is 0.497 e. The van der Waals surface area contributed by atoms with Gasteiger partial charge < -0.3 is 9.47 Å². The highest BCUT2D eigenvalue weighted by Crippen LogP contribution is 2.38. The van der Waals surface area contributed by atoms with Crippen LogP contribution in [0.25, 0.3) is 0 Å². The third-order valence-corrected chi connectivity index (χ3v) is 7.06. The van der Waals surface area contributed by atoms with Gasteiger partial charge in [-0.1, -0.05) is 65.9 Å². The normalized spacial score (nSPS) is 16.7. The van der Waals surface area contributed by atoms with Gasteiger partial charge in [0.2, 0.25) is 0 Å². The molecule has 2 aromatic rings. The number of ether oxygens (including phenoxy) is 2. The fourth-order valence-corrected chi connectivity index (χ4v) is 4.73. The fraction of sp³-hybridized carbons (Fsp3) is 0.440. The molecule has 0 saturated carbocycles. The van der Waals surface area contributed by atoms with Gasteiger partial charge in [0.15, 0.2) is 0 Å². The van der Waals surface area contributed by atoms with Crippen molar-refractivity contribution >= 4 is 24.0 Å². The maximum Gasteiger partial charge on any atom is 0.129 e. The van der Waals surface area contributed by atoms with Gasteiger partial charge in [-0.25, -0.2) is 0 Å². The molecule has 1 aliphatic carbocycles. The number of halogens is 1. The molecule has 1 aliphatic rings. The number of hydrogen-bond donors (Lipinski definition) is 0. The van der Waals surface area contributed by atoms with E-state index in [9.17, 15) is 0 Å². The van der Waals surface area contributed by atoms with Crippen LogP contribution in [0.15, 0.2) is 42.5 Å². The molecule has 0 N–H and O–H groups in total. The number of fused-ring (bicyclic) bond motifs is 1. The molecule has 0 spiro atoms. The fourth-order valence-electron chi connectivity index (χ4n) is 3.56. The molecule has 4 heteroatoms. The van der Waals surface area contributed by atoms with E-state index in [-0.39, 0.29) is 6.10 Å². The predicted octanol–water partition coefficient (Wildman–Crippen LogP) is 7.00. The molecule has 3 rings (SSSR count). The van der Waals surface area contributed by atoms with E-state index in [1.165, 1.54) is 22.3 Å². The first-order chi connectivity index (χ1) is 13.9. The standard InChI is InChI=1S/C25H31BrO2Si/c1-27-22-13-8-19(9-14-22)18-28-25-15-12-20-10-11-21(17-23(20)25)24(26)7-5-6-16-29(2,3)4/h8-11,13-14,17,24-25H,5,7,12,15,18H2,1-4H3. The van der Waals surface area contributed by atoms with Crippen LogP contribution in [0.5, 0.6) is 5.75 Å². The minimum Gasteiger partial charge on any atom is -0.497 e. The van der Waals surface area contributed by atoms with Gasteiger partial charge in [0.05, 0.1) is 19.8 Å². The SMILES string of the molecule is COc1ccc(COC2CCc3ccc(C(Br)CCC#C[Si](C)(C)C)cc32)cc1. The highest BCUT2D eigenvalue weighted by atomic mass is 79.9. The molecular weight excluding hydrogens is 440 g/mol. The summed E-state index contributed by atoms with van der Waals surface area (Å²) in [7, 11) is 0.415. The zero-order chi connectivity index (χ0) is 20.9. The van der Waals surface area contributed by atoms with E-state index in [1.807, 2.05) is 12.1 Å². The van der Waals surface area contributed by atoms with E-state index in [1.54, 1.807) is 7.11 Å². The molecule has 0 heterocycles. The summed E-state index contributed by atoms with van der Waals surface area (Å²) in [6.45, 7) is 7.50. The van der Waals surface area contributed by atoms with Crippen molar-refractivity contribution in [1.29, 1.82) is 0 Å².